The fraction of sp³-hybridized carbons (Fsp3) is 1.00. The Bertz CT molecular complexity index is 414. The highest BCUT2D eigenvalue weighted by atomic mass is 32.2. The Morgan fingerprint density at radius 2 is 1.50 bits per heavy atom. The van der Waals surface area contributed by atoms with E-state index < -0.39 is 7.60 Å². The Morgan fingerprint density at radius 3 is 1.95 bits per heavy atom. The summed E-state index contributed by atoms with van der Waals surface area (Å²) in [5.41, 5.74) is 0. The van der Waals surface area contributed by atoms with E-state index in [0.29, 0.717) is 13.2 Å². The van der Waals surface area contributed by atoms with E-state index in [9.17, 15) is 4.57 Å². The van der Waals surface area contributed by atoms with Crippen LogP contribution in [0.1, 0.15) is 46.0 Å². The Morgan fingerprint density at radius 1 is 1.00 bits per heavy atom. The van der Waals surface area contributed by atoms with Crippen molar-refractivity contribution in [2.24, 2.45) is 23.7 Å². The van der Waals surface area contributed by atoms with Crippen molar-refractivity contribution in [1.82, 2.24) is 0 Å². The van der Waals surface area contributed by atoms with Gasteiger partial charge in [0, 0.05) is 4.75 Å². The monoisotopic (exact) mass is 316 g/mol. The van der Waals surface area contributed by atoms with Gasteiger partial charge in [0.05, 0.1) is 13.2 Å². The lowest BCUT2D eigenvalue weighted by Crippen LogP contribution is -2.51. The van der Waals surface area contributed by atoms with E-state index >= 15 is 0 Å². The van der Waals surface area contributed by atoms with Crippen LogP contribution in [0.3, 0.4) is 0 Å². The SMILES string of the molecule is CCOP(=O)(OCC)C1SC12C1CC3CC(C1)CC2C3. The second-order valence-corrected chi connectivity index (χ2v) is 10.9. The first-order valence-corrected chi connectivity index (χ1v) is 10.7. The zero-order valence-corrected chi connectivity index (χ0v) is 14.1. The zero-order valence-electron chi connectivity index (χ0n) is 12.4. The van der Waals surface area contributed by atoms with E-state index in [4.69, 9.17) is 9.05 Å². The predicted octanol–water partition coefficient (Wildman–Crippen LogP) is 4.52. The van der Waals surface area contributed by atoms with Crippen molar-refractivity contribution in [3.63, 3.8) is 0 Å². The second kappa shape index (κ2) is 4.75. The minimum absolute atomic E-state index is 0.130. The molecule has 5 rings (SSSR count). The third-order valence-electron chi connectivity index (χ3n) is 5.96. The average Bonchev–Trinajstić information content (AvgIpc) is 3.13. The van der Waals surface area contributed by atoms with Crippen LogP contribution in [0, 0.1) is 23.7 Å². The molecule has 0 radical (unpaired) electrons. The van der Waals surface area contributed by atoms with Gasteiger partial charge in [-0.05, 0) is 69.6 Å². The summed E-state index contributed by atoms with van der Waals surface area (Å²) in [6, 6.07) is 0. The van der Waals surface area contributed by atoms with Gasteiger partial charge in [-0.3, -0.25) is 4.57 Å². The van der Waals surface area contributed by atoms with Crippen LogP contribution in [0.4, 0.5) is 0 Å². The third-order valence-corrected chi connectivity index (χ3v) is 11.1. The van der Waals surface area contributed by atoms with E-state index in [1.54, 1.807) is 0 Å². The molecule has 20 heavy (non-hydrogen) atoms. The molecule has 4 aliphatic carbocycles. The van der Waals surface area contributed by atoms with Crippen molar-refractivity contribution in [3.05, 3.63) is 0 Å². The Kier molecular flexibility index (Phi) is 3.35. The second-order valence-electron chi connectivity index (χ2n) is 7.00. The van der Waals surface area contributed by atoms with Crippen molar-refractivity contribution in [2.75, 3.05) is 13.2 Å². The summed E-state index contributed by atoms with van der Waals surface area (Å²) in [7, 11) is -2.91. The van der Waals surface area contributed by atoms with Crippen molar-refractivity contribution < 1.29 is 13.6 Å². The average molecular weight is 316 g/mol. The van der Waals surface area contributed by atoms with Crippen LogP contribution in [0.5, 0.6) is 0 Å². The summed E-state index contributed by atoms with van der Waals surface area (Å²) in [4.78, 5) is 0.130. The highest BCUT2D eigenvalue weighted by Gasteiger charge is 2.75. The van der Waals surface area contributed by atoms with Gasteiger partial charge in [-0.15, -0.1) is 11.8 Å². The third kappa shape index (κ3) is 1.84. The van der Waals surface area contributed by atoms with Gasteiger partial charge in [-0.25, -0.2) is 0 Å². The molecular weight excluding hydrogens is 291 g/mol. The molecule has 1 saturated heterocycles. The fourth-order valence-corrected chi connectivity index (χ4v) is 10.8. The molecule has 5 fully saturated rings. The highest BCUT2D eigenvalue weighted by molar-refractivity contribution is 8.14. The Labute approximate surface area is 126 Å². The van der Waals surface area contributed by atoms with Crippen LogP contribution in [-0.4, -0.2) is 23.0 Å². The Hall–Kier alpha value is 0.500. The summed E-state index contributed by atoms with van der Waals surface area (Å²) < 4.78 is 24.6. The molecule has 1 aliphatic heterocycles. The quantitative estimate of drug-likeness (QED) is 0.552. The van der Waals surface area contributed by atoms with Crippen LogP contribution in [0.2, 0.25) is 0 Å². The summed E-state index contributed by atoms with van der Waals surface area (Å²) in [5, 5.41) is 0. The largest absolute Gasteiger partial charge is 0.344 e. The predicted molar refractivity (Wildman–Crippen MR) is 82.0 cm³/mol. The van der Waals surface area contributed by atoms with Crippen LogP contribution < -0.4 is 0 Å². The van der Waals surface area contributed by atoms with Crippen molar-refractivity contribution >= 4 is 19.4 Å². The molecular formula is C15H25O3PS. The summed E-state index contributed by atoms with van der Waals surface area (Å²) >= 11 is 1.95. The zero-order chi connectivity index (χ0) is 14.0. The minimum atomic E-state index is -2.91. The molecule has 4 saturated carbocycles. The van der Waals surface area contributed by atoms with Gasteiger partial charge in [0.2, 0.25) is 0 Å². The van der Waals surface area contributed by atoms with Crippen molar-refractivity contribution in [1.29, 1.82) is 0 Å². The lowest BCUT2D eigenvalue weighted by Gasteiger charge is -2.55. The van der Waals surface area contributed by atoms with Gasteiger partial charge >= 0.3 is 7.60 Å². The van der Waals surface area contributed by atoms with Crippen molar-refractivity contribution in [3.8, 4) is 0 Å². The smallest absolute Gasteiger partial charge is 0.308 e. The standard InChI is InChI=1S/C15H25O3PS/c1-3-17-19(16,18-4-2)14-15(20-14)12-6-10-5-11(8-12)9-13(15)7-10/h10-14H,3-9H2,1-2H3. The maximum Gasteiger partial charge on any atom is 0.344 e. The lowest BCUT2D eigenvalue weighted by molar-refractivity contribution is -0.00162. The molecule has 0 aromatic heterocycles. The molecule has 3 nitrogen and oxygen atoms in total. The van der Waals surface area contributed by atoms with Crippen LogP contribution in [-0.2, 0) is 13.6 Å². The molecule has 5 heteroatoms. The molecule has 4 bridgehead atoms. The normalized spacial score (nSPS) is 49.0. The number of hydrogen-bond donors (Lipinski definition) is 0. The molecule has 0 amide bonds. The number of hydrogen-bond acceptors (Lipinski definition) is 4. The first-order valence-electron chi connectivity index (χ1n) is 8.19. The van der Waals surface area contributed by atoms with Crippen molar-refractivity contribution in [2.45, 2.75) is 55.7 Å². The van der Waals surface area contributed by atoms with Gasteiger partial charge in [-0.1, -0.05) is 0 Å². The van der Waals surface area contributed by atoms with E-state index in [1.807, 2.05) is 25.6 Å². The molecule has 0 aromatic carbocycles. The van der Waals surface area contributed by atoms with Crippen LogP contribution in [0.15, 0.2) is 0 Å². The maximum absolute atomic E-state index is 13.1. The van der Waals surface area contributed by atoms with E-state index in [1.165, 1.54) is 32.1 Å². The van der Waals surface area contributed by atoms with Gasteiger partial charge in [0.15, 0.2) is 0 Å². The molecule has 0 N–H and O–H groups in total. The lowest BCUT2D eigenvalue weighted by atomic mass is 9.52. The molecule has 1 heterocycles. The fourth-order valence-electron chi connectivity index (χ4n) is 5.52. The molecule has 0 aromatic rings. The van der Waals surface area contributed by atoms with Crippen LogP contribution in [0.25, 0.3) is 0 Å². The van der Waals surface area contributed by atoms with E-state index in [2.05, 4.69) is 0 Å². The van der Waals surface area contributed by atoms with Gasteiger partial charge in [-0.2, -0.15) is 0 Å². The molecule has 1 unspecified atom stereocenters. The van der Waals surface area contributed by atoms with Gasteiger partial charge < -0.3 is 9.05 Å². The summed E-state index contributed by atoms with van der Waals surface area (Å²) in [6.07, 6.45) is 6.94. The highest BCUT2D eigenvalue weighted by Crippen LogP contribution is 2.83. The topological polar surface area (TPSA) is 35.5 Å². The molecule has 1 spiro atoms. The Balaban J connectivity index is 1.60. The number of thioether (sulfide) groups is 1. The van der Waals surface area contributed by atoms with E-state index in [-0.39, 0.29) is 9.74 Å². The minimum Gasteiger partial charge on any atom is -0.308 e. The van der Waals surface area contributed by atoms with E-state index in [0.717, 1.165) is 23.7 Å². The van der Waals surface area contributed by atoms with Gasteiger partial charge in [0.25, 0.3) is 0 Å². The maximum atomic E-state index is 13.1. The van der Waals surface area contributed by atoms with Crippen LogP contribution >= 0.6 is 19.4 Å². The first-order chi connectivity index (χ1) is 9.62. The molecule has 114 valence electrons. The molecule has 5 aliphatic rings. The molecule has 1 atom stereocenters. The summed E-state index contributed by atoms with van der Waals surface area (Å²) in [5.74, 6) is 3.48. The summed E-state index contributed by atoms with van der Waals surface area (Å²) in [6.45, 7) is 4.82. The number of rotatable bonds is 5. The first kappa shape index (κ1) is 14.1. The van der Waals surface area contributed by atoms with Gasteiger partial charge in [0.1, 0.15) is 4.99 Å².